The van der Waals surface area contributed by atoms with Gasteiger partial charge in [-0.1, -0.05) is 48.0 Å². The number of rotatable bonds is 7. The molecule has 0 saturated carbocycles. The maximum atomic E-state index is 12.4. The van der Waals surface area contributed by atoms with Crippen LogP contribution < -0.4 is 10.6 Å². The Morgan fingerprint density at radius 2 is 1.83 bits per heavy atom. The third-order valence-electron chi connectivity index (χ3n) is 5.57. The summed E-state index contributed by atoms with van der Waals surface area (Å²) < 4.78 is 0. The van der Waals surface area contributed by atoms with E-state index in [-0.39, 0.29) is 18.0 Å². The molecule has 1 aliphatic heterocycles. The van der Waals surface area contributed by atoms with Gasteiger partial charge in [-0.3, -0.25) is 4.79 Å². The van der Waals surface area contributed by atoms with Crippen molar-refractivity contribution in [3.63, 3.8) is 0 Å². The van der Waals surface area contributed by atoms with E-state index in [1.165, 1.54) is 5.56 Å². The first-order chi connectivity index (χ1) is 14.5. The molecule has 0 spiro atoms. The molecule has 1 aliphatic rings. The van der Waals surface area contributed by atoms with Gasteiger partial charge >= 0.3 is 6.03 Å². The minimum absolute atomic E-state index is 0.109. The van der Waals surface area contributed by atoms with Crippen molar-refractivity contribution < 1.29 is 9.59 Å². The molecule has 160 valence electrons. The SMILES string of the molecule is C[C@H](CCc1ccccc1)NC(=O)CC1CCN(C(=O)Nc2cccc(Cl)c2)CC1. The van der Waals surface area contributed by atoms with E-state index >= 15 is 0 Å². The van der Waals surface area contributed by atoms with Crippen LogP contribution >= 0.6 is 11.6 Å². The summed E-state index contributed by atoms with van der Waals surface area (Å²) in [5.74, 6) is 0.430. The maximum Gasteiger partial charge on any atom is 0.321 e. The summed E-state index contributed by atoms with van der Waals surface area (Å²) in [5, 5.41) is 6.60. The number of hydrogen-bond donors (Lipinski definition) is 2. The molecule has 0 unspecified atom stereocenters. The molecule has 2 N–H and O–H groups in total. The van der Waals surface area contributed by atoms with Gasteiger partial charge in [0.2, 0.25) is 5.91 Å². The van der Waals surface area contributed by atoms with Gasteiger partial charge < -0.3 is 15.5 Å². The van der Waals surface area contributed by atoms with Crippen LogP contribution in [0.1, 0.15) is 38.2 Å². The number of nitrogens with zero attached hydrogens (tertiary/aromatic N) is 1. The van der Waals surface area contributed by atoms with Gasteiger partial charge in [0.05, 0.1) is 0 Å². The summed E-state index contributed by atoms with van der Waals surface area (Å²) in [5.41, 5.74) is 1.99. The summed E-state index contributed by atoms with van der Waals surface area (Å²) >= 11 is 5.97. The molecule has 0 aliphatic carbocycles. The summed E-state index contributed by atoms with van der Waals surface area (Å²) in [6.07, 6.45) is 4.10. The number of urea groups is 1. The van der Waals surface area contributed by atoms with E-state index in [4.69, 9.17) is 11.6 Å². The van der Waals surface area contributed by atoms with Crippen LogP contribution in [0.15, 0.2) is 54.6 Å². The monoisotopic (exact) mass is 427 g/mol. The number of anilines is 1. The van der Waals surface area contributed by atoms with Gasteiger partial charge in [-0.25, -0.2) is 4.79 Å². The Morgan fingerprint density at radius 3 is 2.53 bits per heavy atom. The summed E-state index contributed by atoms with van der Waals surface area (Å²) in [7, 11) is 0. The molecule has 1 saturated heterocycles. The highest BCUT2D eigenvalue weighted by Crippen LogP contribution is 2.22. The van der Waals surface area contributed by atoms with Crippen LogP contribution in [0.2, 0.25) is 5.02 Å². The van der Waals surface area contributed by atoms with Crippen LogP contribution in [0.3, 0.4) is 0 Å². The van der Waals surface area contributed by atoms with E-state index in [9.17, 15) is 9.59 Å². The number of hydrogen-bond acceptors (Lipinski definition) is 2. The Bertz CT molecular complexity index is 835. The average Bonchev–Trinajstić information content (AvgIpc) is 2.73. The van der Waals surface area contributed by atoms with E-state index < -0.39 is 0 Å². The van der Waals surface area contributed by atoms with E-state index in [0.29, 0.717) is 36.1 Å². The molecular weight excluding hydrogens is 398 g/mol. The molecule has 3 rings (SSSR count). The lowest BCUT2D eigenvalue weighted by Crippen LogP contribution is -2.42. The number of amides is 3. The molecule has 1 fully saturated rings. The highest BCUT2D eigenvalue weighted by Gasteiger charge is 2.24. The van der Waals surface area contributed by atoms with Crippen molar-refractivity contribution in [1.82, 2.24) is 10.2 Å². The number of halogens is 1. The number of benzene rings is 2. The van der Waals surface area contributed by atoms with Gasteiger partial charge in [0, 0.05) is 36.3 Å². The fourth-order valence-electron chi connectivity index (χ4n) is 3.80. The zero-order valence-corrected chi connectivity index (χ0v) is 18.2. The molecule has 5 nitrogen and oxygen atoms in total. The van der Waals surface area contributed by atoms with Gasteiger partial charge in [0.1, 0.15) is 0 Å². The molecule has 0 bridgehead atoms. The van der Waals surface area contributed by atoms with E-state index in [2.05, 4.69) is 29.7 Å². The topological polar surface area (TPSA) is 61.4 Å². The van der Waals surface area contributed by atoms with Gasteiger partial charge in [-0.15, -0.1) is 0 Å². The number of likely N-dealkylation sites (tertiary alicyclic amines) is 1. The molecule has 3 amide bonds. The van der Waals surface area contributed by atoms with Crippen LogP contribution in [0.4, 0.5) is 10.5 Å². The first-order valence-corrected chi connectivity index (χ1v) is 11.0. The zero-order chi connectivity index (χ0) is 21.3. The fourth-order valence-corrected chi connectivity index (χ4v) is 4.00. The van der Waals surface area contributed by atoms with E-state index in [1.54, 1.807) is 17.0 Å². The highest BCUT2D eigenvalue weighted by atomic mass is 35.5. The van der Waals surface area contributed by atoms with Crippen LogP contribution in [-0.2, 0) is 11.2 Å². The second kappa shape index (κ2) is 11.0. The van der Waals surface area contributed by atoms with Crippen molar-refractivity contribution >= 4 is 29.2 Å². The van der Waals surface area contributed by atoms with Crippen molar-refractivity contribution in [3.05, 3.63) is 65.2 Å². The van der Waals surface area contributed by atoms with Crippen LogP contribution in [-0.4, -0.2) is 36.0 Å². The van der Waals surface area contributed by atoms with Crippen molar-refractivity contribution in [2.45, 2.75) is 45.1 Å². The van der Waals surface area contributed by atoms with Crippen molar-refractivity contribution in [2.24, 2.45) is 5.92 Å². The van der Waals surface area contributed by atoms with Gasteiger partial charge in [0.25, 0.3) is 0 Å². The van der Waals surface area contributed by atoms with Crippen molar-refractivity contribution in [1.29, 1.82) is 0 Å². The summed E-state index contributed by atoms with van der Waals surface area (Å²) in [6, 6.07) is 17.5. The molecule has 1 heterocycles. The van der Waals surface area contributed by atoms with E-state index in [1.807, 2.05) is 30.3 Å². The second-order valence-corrected chi connectivity index (χ2v) is 8.50. The minimum atomic E-state index is -0.116. The van der Waals surface area contributed by atoms with Gasteiger partial charge in [0.15, 0.2) is 0 Å². The lowest BCUT2D eigenvalue weighted by atomic mass is 9.93. The first kappa shape index (κ1) is 22.2. The predicted octanol–water partition coefficient (Wildman–Crippen LogP) is 5.11. The fraction of sp³-hybridized carbons (Fsp3) is 0.417. The molecule has 2 aromatic rings. The number of piperidine rings is 1. The normalized spacial score (nSPS) is 15.5. The van der Waals surface area contributed by atoms with Gasteiger partial charge in [-0.05, 0) is 62.3 Å². The molecular formula is C24H30ClN3O2. The van der Waals surface area contributed by atoms with Crippen LogP contribution in [0.25, 0.3) is 0 Å². The smallest absolute Gasteiger partial charge is 0.321 e. The Hall–Kier alpha value is -2.53. The molecule has 1 atom stereocenters. The lowest BCUT2D eigenvalue weighted by molar-refractivity contribution is -0.122. The number of nitrogens with one attached hydrogen (secondary N) is 2. The zero-order valence-electron chi connectivity index (χ0n) is 17.4. The quantitative estimate of drug-likeness (QED) is 0.644. The third-order valence-corrected chi connectivity index (χ3v) is 5.80. The Kier molecular flexibility index (Phi) is 8.14. The summed E-state index contributed by atoms with van der Waals surface area (Å²) in [4.78, 5) is 26.6. The molecule has 30 heavy (non-hydrogen) atoms. The average molecular weight is 428 g/mol. The molecule has 0 radical (unpaired) electrons. The van der Waals surface area contributed by atoms with Crippen LogP contribution in [0.5, 0.6) is 0 Å². The molecule has 0 aromatic heterocycles. The third kappa shape index (κ3) is 7.06. The van der Waals surface area contributed by atoms with E-state index in [0.717, 1.165) is 25.7 Å². The Labute approximate surface area is 183 Å². The summed E-state index contributed by atoms with van der Waals surface area (Å²) in [6.45, 7) is 3.38. The maximum absolute atomic E-state index is 12.4. The Balaban J connectivity index is 1.35. The van der Waals surface area contributed by atoms with Crippen molar-refractivity contribution in [3.8, 4) is 0 Å². The Morgan fingerprint density at radius 1 is 1.10 bits per heavy atom. The standard InChI is InChI=1S/C24H30ClN3O2/c1-18(10-11-19-6-3-2-4-7-19)26-23(29)16-20-12-14-28(15-13-20)24(30)27-22-9-5-8-21(25)17-22/h2-9,17-18,20H,10-16H2,1H3,(H,26,29)(H,27,30)/t18-/m1/s1. The number of carbonyl (C=O) groups is 2. The number of carbonyl (C=O) groups excluding carboxylic acids is 2. The van der Waals surface area contributed by atoms with Crippen LogP contribution in [0, 0.1) is 5.92 Å². The first-order valence-electron chi connectivity index (χ1n) is 10.6. The lowest BCUT2D eigenvalue weighted by Gasteiger charge is -2.32. The second-order valence-electron chi connectivity index (χ2n) is 8.07. The highest BCUT2D eigenvalue weighted by molar-refractivity contribution is 6.30. The molecule has 2 aromatic carbocycles. The minimum Gasteiger partial charge on any atom is -0.354 e. The predicted molar refractivity (Wildman–Crippen MR) is 122 cm³/mol. The molecule has 6 heteroatoms. The van der Waals surface area contributed by atoms with Gasteiger partial charge in [-0.2, -0.15) is 0 Å². The van der Waals surface area contributed by atoms with Crippen molar-refractivity contribution in [2.75, 3.05) is 18.4 Å². The number of aryl methyl sites for hydroxylation is 1. The largest absolute Gasteiger partial charge is 0.354 e.